The van der Waals surface area contributed by atoms with E-state index in [2.05, 4.69) is 31.9 Å². The molecule has 0 amide bonds. The minimum atomic E-state index is -0.256. The number of hydrogen-bond acceptors (Lipinski definition) is 2. The number of furan rings is 1. The molecule has 1 heterocycles. The van der Waals surface area contributed by atoms with Gasteiger partial charge in [-0.25, -0.2) is 0 Å². The van der Waals surface area contributed by atoms with Gasteiger partial charge in [0.2, 0.25) is 0 Å². The van der Waals surface area contributed by atoms with Gasteiger partial charge in [0.15, 0.2) is 0 Å². The molecule has 2 nitrogen and oxygen atoms in total. The SMILES string of the molecule is Cc1cc(Br)cc2cc(C(N)c3ccc(Br)cc3)oc12. The van der Waals surface area contributed by atoms with E-state index in [4.69, 9.17) is 10.2 Å². The first-order valence-electron chi connectivity index (χ1n) is 6.25. The largest absolute Gasteiger partial charge is 0.459 e. The molecule has 0 aliphatic rings. The zero-order valence-corrected chi connectivity index (χ0v) is 14.0. The lowest BCUT2D eigenvalue weighted by Gasteiger charge is -2.08. The Morgan fingerprint density at radius 1 is 1.00 bits per heavy atom. The molecule has 20 heavy (non-hydrogen) atoms. The highest BCUT2D eigenvalue weighted by Gasteiger charge is 2.15. The van der Waals surface area contributed by atoms with Gasteiger partial charge in [-0.05, 0) is 48.4 Å². The first-order valence-corrected chi connectivity index (χ1v) is 7.84. The number of benzene rings is 2. The third kappa shape index (κ3) is 2.55. The lowest BCUT2D eigenvalue weighted by molar-refractivity contribution is 0.523. The fourth-order valence-corrected chi connectivity index (χ4v) is 3.15. The summed E-state index contributed by atoms with van der Waals surface area (Å²) in [6.07, 6.45) is 0. The van der Waals surface area contributed by atoms with E-state index < -0.39 is 0 Å². The van der Waals surface area contributed by atoms with Crippen molar-refractivity contribution >= 4 is 42.8 Å². The zero-order valence-electron chi connectivity index (χ0n) is 10.9. The molecule has 0 fully saturated rings. The Labute approximate surface area is 134 Å². The maximum absolute atomic E-state index is 6.30. The number of fused-ring (bicyclic) bond motifs is 1. The third-order valence-corrected chi connectivity index (χ3v) is 4.31. The molecule has 0 bridgehead atoms. The highest BCUT2D eigenvalue weighted by Crippen LogP contribution is 2.31. The molecular formula is C16H13Br2NO. The summed E-state index contributed by atoms with van der Waals surface area (Å²) in [5, 5.41) is 1.07. The van der Waals surface area contributed by atoms with Gasteiger partial charge in [0.05, 0.1) is 6.04 Å². The first kappa shape index (κ1) is 13.9. The molecular weight excluding hydrogens is 382 g/mol. The van der Waals surface area contributed by atoms with Crippen LogP contribution in [-0.4, -0.2) is 0 Å². The quantitative estimate of drug-likeness (QED) is 0.639. The summed E-state index contributed by atoms with van der Waals surface area (Å²) in [5.41, 5.74) is 9.33. The van der Waals surface area contributed by atoms with Crippen molar-refractivity contribution in [3.05, 3.63) is 68.3 Å². The monoisotopic (exact) mass is 393 g/mol. The standard InChI is InChI=1S/C16H13Br2NO/c1-9-6-13(18)7-11-8-14(20-16(9)11)15(19)10-2-4-12(17)5-3-10/h2-8,15H,19H2,1H3. The smallest absolute Gasteiger partial charge is 0.137 e. The minimum Gasteiger partial charge on any atom is -0.459 e. The van der Waals surface area contributed by atoms with E-state index in [1.807, 2.05) is 49.4 Å². The van der Waals surface area contributed by atoms with Crippen LogP contribution in [-0.2, 0) is 0 Å². The molecule has 2 aromatic carbocycles. The van der Waals surface area contributed by atoms with Gasteiger partial charge in [-0.3, -0.25) is 0 Å². The highest BCUT2D eigenvalue weighted by atomic mass is 79.9. The van der Waals surface area contributed by atoms with Crippen molar-refractivity contribution in [1.82, 2.24) is 0 Å². The molecule has 3 aromatic rings. The number of nitrogens with two attached hydrogens (primary N) is 1. The van der Waals surface area contributed by atoms with Gasteiger partial charge in [0, 0.05) is 14.3 Å². The normalized spacial score (nSPS) is 12.8. The summed E-state index contributed by atoms with van der Waals surface area (Å²) in [4.78, 5) is 0. The van der Waals surface area contributed by atoms with E-state index in [1.54, 1.807) is 0 Å². The summed E-state index contributed by atoms with van der Waals surface area (Å²) in [6.45, 7) is 2.03. The van der Waals surface area contributed by atoms with E-state index in [0.29, 0.717) is 0 Å². The van der Waals surface area contributed by atoms with Crippen LogP contribution in [0.25, 0.3) is 11.0 Å². The predicted octanol–water partition coefficient (Wildman–Crippen LogP) is 5.31. The summed E-state index contributed by atoms with van der Waals surface area (Å²) in [5.74, 6) is 0.781. The fraction of sp³-hybridized carbons (Fsp3) is 0.125. The lowest BCUT2D eigenvalue weighted by atomic mass is 10.1. The van der Waals surface area contributed by atoms with Gasteiger partial charge in [0.25, 0.3) is 0 Å². The molecule has 3 rings (SSSR count). The van der Waals surface area contributed by atoms with Crippen molar-refractivity contribution in [3.63, 3.8) is 0 Å². The average Bonchev–Trinajstić information content (AvgIpc) is 2.83. The molecule has 0 spiro atoms. The Bertz CT molecular complexity index is 762. The van der Waals surface area contributed by atoms with Gasteiger partial charge in [-0.15, -0.1) is 0 Å². The second-order valence-electron chi connectivity index (χ2n) is 4.82. The van der Waals surface area contributed by atoms with Crippen molar-refractivity contribution in [2.45, 2.75) is 13.0 Å². The molecule has 1 aromatic heterocycles. The summed E-state index contributed by atoms with van der Waals surface area (Å²) < 4.78 is 8.03. The zero-order chi connectivity index (χ0) is 14.3. The van der Waals surface area contributed by atoms with Crippen molar-refractivity contribution in [1.29, 1.82) is 0 Å². The van der Waals surface area contributed by atoms with Crippen molar-refractivity contribution in [2.75, 3.05) is 0 Å². The topological polar surface area (TPSA) is 39.2 Å². The number of rotatable bonds is 2. The molecule has 4 heteroatoms. The van der Waals surface area contributed by atoms with E-state index >= 15 is 0 Å². The van der Waals surface area contributed by atoms with E-state index in [-0.39, 0.29) is 6.04 Å². The van der Waals surface area contributed by atoms with Crippen LogP contribution < -0.4 is 5.73 Å². The van der Waals surface area contributed by atoms with Crippen molar-refractivity contribution in [2.24, 2.45) is 5.73 Å². The van der Waals surface area contributed by atoms with Crippen molar-refractivity contribution < 1.29 is 4.42 Å². The molecule has 1 unspecified atom stereocenters. The Hall–Kier alpha value is -1.10. The fourth-order valence-electron chi connectivity index (χ4n) is 2.29. The molecule has 0 aliphatic carbocycles. The maximum atomic E-state index is 6.30. The maximum Gasteiger partial charge on any atom is 0.137 e. The molecule has 2 N–H and O–H groups in total. The molecule has 102 valence electrons. The van der Waals surface area contributed by atoms with Crippen LogP contribution in [0.4, 0.5) is 0 Å². The second kappa shape index (κ2) is 5.35. The minimum absolute atomic E-state index is 0.256. The van der Waals surface area contributed by atoms with Gasteiger partial charge in [-0.2, -0.15) is 0 Å². The summed E-state index contributed by atoms with van der Waals surface area (Å²) in [7, 11) is 0. The number of aryl methyl sites for hydroxylation is 1. The van der Waals surface area contributed by atoms with E-state index in [0.717, 1.165) is 36.8 Å². The molecule has 0 radical (unpaired) electrons. The highest BCUT2D eigenvalue weighted by molar-refractivity contribution is 9.10. The van der Waals surface area contributed by atoms with Crippen LogP contribution in [0.1, 0.15) is 22.9 Å². The van der Waals surface area contributed by atoms with Gasteiger partial charge >= 0.3 is 0 Å². The van der Waals surface area contributed by atoms with Gasteiger partial charge in [0.1, 0.15) is 11.3 Å². The van der Waals surface area contributed by atoms with Crippen LogP contribution in [0.5, 0.6) is 0 Å². The van der Waals surface area contributed by atoms with Crippen LogP contribution in [0.2, 0.25) is 0 Å². The summed E-state index contributed by atoms with van der Waals surface area (Å²) in [6, 6.07) is 13.8. The third-order valence-electron chi connectivity index (χ3n) is 3.32. The Morgan fingerprint density at radius 2 is 1.70 bits per heavy atom. The molecule has 0 saturated carbocycles. The predicted molar refractivity (Wildman–Crippen MR) is 88.8 cm³/mol. The van der Waals surface area contributed by atoms with Gasteiger partial charge in [-0.1, -0.05) is 44.0 Å². The van der Waals surface area contributed by atoms with Crippen LogP contribution in [0, 0.1) is 6.92 Å². The lowest BCUT2D eigenvalue weighted by Crippen LogP contribution is -2.10. The first-order chi connectivity index (χ1) is 9.54. The van der Waals surface area contributed by atoms with E-state index in [9.17, 15) is 0 Å². The van der Waals surface area contributed by atoms with Crippen molar-refractivity contribution in [3.8, 4) is 0 Å². The average molecular weight is 395 g/mol. The van der Waals surface area contributed by atoms with Crippen LogP contribution in [0.15, 0.2) is 55.8 Å². The number of hydrogen-bond donors (Lipinski definition) is 1. The van der Waals surface area contributed by atoms with Gasteiger partial charge < -0.3 is 10.2 Å². The summed E-state index contributed by atoms with van der Waals surface area (Å²) >= 11 is 6.93. The van der Waals surface area contributed by atoms with E-state index in [1.165, 1.54) is 0 Å². The molecule has 0 aliphatic heterocycles. The van der Waals surface area contributed by atoms with Crippen LogP contribution in [0.3, 0.4) is 0 Å². The Kier molecular flexibility index (Phi) is 3.71. The van der Waals surface area contributed by atoms with Crippen LogP contribution >= 0.6 is 31.9 Å². The molecule has 1 atom stereocenters. The Balaban J connectivity index is 2.05. The second-order valence-corrected chi connectivity index (χ2v) is 6.65. The Morgan fingerprint density at radius 3 is 2.40 bits per heavy atom. The molecule has 0 saturated heterocycles. The number of halogens is 2.